The van der Waals surface area contributed by atoms with Crippen LogP contribution in [0, 0.1) is 5.82 Å². The Morgan fingerprint density at radius 3 is 2.71 bits per heavy atom. The molecule has 0 aliphatic rings. The zero-order valence-corrected chi connectivity index (χ0v) is 16.8. The van der Waals surface area contributed by atoms with E-state index in [1.54, 1.807) is 6.20 Å². The third-order valence-electron chi connectivity index (χ3n) is 4.65. The van der Waals surface area contributed by atoms with Crippen molar-refractivity contribution in [3.8, 4) is 5.69 Å². The SMILES string of the molecule is CCCCCc1ccnc(C(C)C)c1-n1c(=O)[nH]c(=O)c2cc(F)c(Cl)nc21. The average Bonchev–Trinajstić information content (AvgIpc) is 2.64. The monoisotopic (exact) mass is 404 g/mol. The highest BCUT2D eigenvalue weighted by Crippen LogP contribution is 2.27. The third-order valence-corrected chi connectivity index (χ3v) is 4.91. The molecular formula is C20H22ClFN4O2. The van der Waals surface area contributed by atoms with Crippen molar-refractivity contribution in [1.29, 1.82) is 0 Å². The van der Waals surface area contributed by atoms with Crippen LogP contribution in [0.2, 0.25) is 5.15 Å². The Bertz CT molecular complexity index is 1140. The molecule has 0 fully saturated rings. The summed E-state index contributed by atoms with van der Waals surface area (Å²) in [5.74, 6) is -0.797. The van der Waals surface area contributed by atoms with Crippen LogP contribution in [0.3, 0.4) is 0 Å². The molecule has 0 saturated heterocycles. The number of halogens is 2. The largest absolute Gasteiger partial charge is 0.334 e. The maximum Gasteiger partial charge on any atom is 0.334 e. The summed E-state index contributed by atoms with van der Waals surface area (Å²) in [6.45, 7) is 6.06. The highest BCUT2D eigenvalue weighted by molar-refractivity contribution is 6.29. The van der Waals surface area contributed by atoms with Crippen LogP contribution in [0.25, 0.3) is 16.7 Å². The topological polar surface area (TPSA) is 80.6 Å². The van der Waals surface area contributed by atoms with Gasteiger partial charge in [0, 0.05) is 6.20 Å². The number of unbranched alkanes of at least 4 members (excludes halogenated alkanes) is 2. The number of pyridine rings is 2. The summed E-state index contributed by atoms with van der Waals surface area (Å²) in [7, 11) is 0. The lowest BCUT2D eigenvalue weighted by Gasteiger charge is -2.19. The predicted molar refractivity (Wildman–Crippen MR) is 108 cm³/mol. The number of H-pyrrole nitrogens is 1. The van der Waals surface area contributed by atoms with Crippen LogP contribution in [0.5, 0.6) is 0 Å². The lowest BCUT2D eigenvalue weighted by atomic mass is 10.00. The Labute approximate surface area is 166 Å². The molecule has 0 amide bonds. The summed E-state index contributed by atoms with van der Waals surface area (Å²) in [4.78, 5) is 35.8. The summed E-state index contributed by atoms with van der Waals surface area (Å²) in [6, 6.07) is 2.87. The molecule has 3 heterocycles. The first-order valence-electron chi connectivity index (χ1n) is 9.34. The molecular weight excluding hydrogens is 383 g/mol. The van der Waals surface area contributed by atoms with E-state index in [0.717, 1.165) is 37.3 Å². The van der Waals surface area contributed by atoms with Crippen molar-refractivity contribution in [2.45, 2.75) is 52.4 Å². The Hall–Kier alpha value is -2.54. The summed E-state index contributed by atoms with van der Waals surface area (Å²) < 4.78 is 15.2. The number of fused-ring (bicyclic) bond motifs is 1. The molecule has 1 N–H and O–H groups in total. The molecule has 0 atom stereocenters. The zero-order chi connectivity index (χ0) is 20.4. The molecule has 0 unspecified atom stereocenters. The number of nitrogens with zero attached hydrogens (tertiary/aromatic N) is 3. The molecule has 28 heavy (non-hydrogen) atoms. The van der Waals surface area contributed by atoms with Gasteiger partial charge in [0.15, 0.2) is 16.6 Å². The molecule has 3 rings (SSSR count). The molecule has 3 aromatic rings. The highest BCUT2D eigenvalue weighted by atomic mass is 35.5. The van der Waals surface area contributed by atoms with Gasteiger partial charge in [0.1, 0.15) is 0 Å². The smallest absolute Gasteiger partial charge is 0.273 e. The van der Waals surface area contributed by atoms with Gasteiger partial charge in [-0.1, -0.05) is 45.2 Å². The van der Waals surface area contributed by atoms with Crippen molar-refractivity contribution in [2.24, 2.45) is 0 Å². The minimum Gasteiger partial charge on any atom is -0.273 e. The fourth-order valence-corrected chi connectivity index (χ4v) is 3.41. The van der Waals surface area contributed by atoms with Gasteiger partial charge in [-0.25, -0.2) is 18.7 Å². The molecule has 3 aromatic heterocycles. The van der Waals surface area contributed by atoms with Gasteiger partial charge < -0.3 is 0 Å². The van der Waals surface area contributed by atoms with Gasteiger partial charge in [0.2, 0.25) is 0 Å². The quantitative estimate of drug-likeness (QED) is 0.495. The van der Waals surface area contributed by atoms with Crippen LogP contribution in [-0.4, -0.2) is 19.5 Å². The zero-order valence-electron chi connectivity index (χ0n) is 16.1. The number of nitrogens with one attached hydrogen (secondary N) is 1. The van der Waals surface area contributed by atoms with E-state index in [4.69, 9.17) is 11.6 Å². The van der Waals surface area contributed by atoms with Gasteiger partial charge in [0.25, 0.3) is 5.56 Å². The Balaban J connectivity index is 2.40. The lowest BCUT2D eigenvalue weighted by Crippen LogP contribution is -2.31. The van der Waals surface area contributed by atoms with Gasteiger partial charge in [-0.2, -0.15) is 0 Å². The first-order valence-corrected chi connectivity index (χ1v) is 9.72. The van der Waals surface area contributed by atoms with Crippen LogP contribution in [0.15, 0.2) is 27.9 Å². The van der Waals surface area contributed by atoms with E-state index in [1.165, 1.54) is 4.57 Å². The minimum atomic E-state index is -0.816. The fourth-order valence-electron chi connectivity index (χ4n) is 3.28. The van der Waals surface area contributed by atoms with Crippen LogP contribution < -0.4 is 11.2 Å². The Morgan fingerprint density at radius 2 is 2.04 bits per heavy atom. The number of hydrogen-bond donors (Lipinski definition) is 1. The predicted octanol–water partition coefficient (Wildman–Crippen LogP) is 4.12. The molecule has 6 nitrogen and oxygen atoms in total. The molecule has 0 aliphatic carbocycles. The van der Waals surface area contributed by atoms with Gasteiger partial charge in [-0.05, 0) is 36.5 Å². The van der Waals surface area contributed by atoms with E-state index in [9.17, 15) is 14.0 Å². The van der Waals surface area contributed by atoms with Crippen molar-refractivity contribution in [3.63, 3.8) is 0 Å². The number of aromatic nitrogens is 4. The Morgan fingerprint density at radius 1 is 1.29 bits per heavy atom. The van der Waals surface area contributed by atoms with E-state index < -0.39 is 22.2 Å². The second-order valence-corrected chi connectivity index (χ2v) is 7.40. The van der Waals surface area contributed by atoms with Gasteiger partial charge >= 0.3 is 5.69 Å². The normalized spacial score (nSPS) is 11.5. The Kier molecular flexibility index (Phi) is 5.93. The van der Waals surface area contributed by atoms with E-state index in [-0.39, 0.29) is 17.0 Å². The second kappa shape index (κ2) is 8.22. The van der Waals surface area contributed by atoms with Crippen molar-refractivity contribution in [1.82, 2.24) is 19.5 Å². The summed E-state index contributed by atoms with van der Waals surface area (Å²) in [5.41, 5.74) is 0.861. The van der Waals surface area contributed by atoms with E-state index in [1.807, 2.05) is 19.9 Å². The summed E-state index contributed by atoms with van der Waals surface area (Å²) in [6.07, 6.45) is 5.53. The standard InChI is InChI=1S/C20H22ClFN4O2/c1-4-5-6-7-12-8-9-23-15(11(2)3)16(12)26-18-13(19(27)25-20(26)28)10-14(22)17(21)24-18/h8-11H,4-7H2,1-3H3,(H,25,27,28). The van der Waals surface area contributed by atoms with Crippen LogP contribution in [0.1, 0.15) is 57.2 Å². The van der Waals surface area contributed by atoms with E-state index in [2.05, 4.69) is 21.9 Å². The van der Waals surface area contributed by atoms with Crippen molar-refractivity contribution < 1.29 is 4.39 Å². The van der Waals surface area contributed by atoms with Gasteiger partial charge in [-0.3, -0.25) is 14.8 Å². The van der Waals surface area contributed by atoms with Gasteiger partial charge in [0.05, 0.1) is 16.8 Å². The molecule has 148 valence electrons. The van der Waals surface area contributed by atoms with Gasteiger partial charge in [-0.15, -0.1) is 0 Å². The number of aromatic amines is 1. The maximum absolute atomic E-state index is 13.9. The molecule has 0 saturated carbocycles. The van der Waals surface area contributed by atoms with Crippen LogP contribution >= 0.6 is 11.6 Å². The average molecular weight is 405 g/mol. The molecule has 0 bridgehead atoms. The fraction of sp³-hybridized carbons (Fsp3) is 0.400. The van der Waals surface area contributed by atoms with Crippen molar-refractivity contribution >= 4 is 22.6 Å². The summed E-state index contributed by atoms with van der Waals surface area (Å²) in [5, 5.41) is -0.437. The number of aryl methyl sites for hydroxylation is 1. The molecule has 0 spiro atoms. The first-order chi connectivity index (χ1) is 13.3. The highest BCUT2D eigenvalue weighted by Gasteiger charge is 2.21. The number of rotatable bonds is 6. The van der Waals surface area contributed by atoms with Crippen molar-refractivity contribution in [2.75, 3.05) is 0 Å². The lowest BCUT2D eigenvalue weighted by molar-refractivity contribution is 0.623. The van der Waals surface area contributed by atoms with E-state index >= 15 is 0 Å². The van der Waals surface area contributed by atoms with Crippen LogP contribution in [0.4, 0.5) is 4.39 Å². The van der Waals surface area contributed by atoms with Crippen LogP contribution in [-0.2, 0) is 6.42 Å². The third kappa shape index (κ3) is 3.71. The minimum absolute atomic E-state index is 0.0194. The first kappa shape index (κ1) is 20.2. The van der Waals surface area contributed by atoms with E-state index in [0.29, 0.717) is 11.4 Å². The summed E-state index contributed by atoms with van der Waals surface area (Å²) >= 11 is 5.87. The molecule has 8 heteroatoms. The second-order valence-electron chi connectivity index (χ2n) is 7.04. The number of hydrogen-bond acceptors (Lipinski definition) is 4. The van der Waals surface area contributed by atoms with Crippen molar-refractivity contribution in [3.05, 3.63) is 61.4 Å². The molecule has 0 radical (unpaired) electrons. The molecule has 0 aromatic carbocycles. The maximum atomic E-state index is 13.9. The molecule has 0 aliphatic heterocycles.